The molecule has 0 aromatic rings. The third-order valence-corrected chi connectivity index (χ3v) is 2.38. The number of rotatable bonds is 1. The highest BCUT2D eigenvalue weighted by Crippen LogP contribution is 2.35. The Morgan fingerprint density at radius 3 is 2.73 bits per heavy atom. The fourth-order valence-corrected chi connectivity index (χ4v) is 1.81. The summed E-state index contributed by atoms with van der Waals surface area (Å²) < 4.78 is 20.6. The minimum absolute atomic E-state index is 0.144. The van der Waals surface area contributed by atoms with Crippen LogP contribution >= 0.6 is 0 Å². The average molecular weight is 214 g/mol. The predicted molar refractivity (Wildman–Crippen MR) is 50.2 cm³/mol. The van der Waals surface area contributed by atoms with Gasteiger partial charge in [-0.1, -0.05) is 6.08 Å². The molecule has 0 N–H and O–H groups in total. The van der Waals surface area contributed by atoms with Crippen molar-refractivity contribution in [3.63, 3.8) is 0 Å². The molecule has 5 heteroatoms. The van der Waals surface area contributed by atoms with Crippen LogP contribution in [0.2, 0.25) is 0 Å². The van der Waals surface area contributed by atoms with Crippen LogP contribution in [0.5, 0.6) is 0 Å². The number of carbonyl (C=O) groups is 1. The summed E-state index contributed by atoms with van der Waals surface area (Å²) in [4.78, 5) is 10.9. The van der Waals surface area contributed by atoms with Gasteiger partial charge in [-0.3, -0.25) is 0 Å². The normalized spacial score (nSPS) is 36.3. The molecule has 0 aromatic carbocycles. The van der Waals surface area contributed by atoms with E-state index in [1.165, 1.54) is 7.11 Å². The summed E-state index contributed by atoms with van der Waals surface area (Å²) >= 11 is 0. The van der Waals surface area contributed by atoms with Gasteiger partial charge in [0.2, 0.25) is 0 Å². The second kappa shape index (κ2) is 3.50. The first-order chi connectivity index (χ1) is 7.02. The molecule has 0 unspecified atom stereocenters. The quantitative estimate of drug-likeness (QED) is 0.485. The molecule has 0 bridgehead atoms. The molecule has 1 saturated heterocycles. The zero-order valence-corrected chi connectivity index (χ0v) is 8.93. The summed E-state index contributed by atoms with van der Waals surface area (Å²) in [6.07, 6.45) is 2.05. The lowest BCUT2D eigenvalue weighted by molar-refractivity contribution is -0.153. The van der Waals surface area contributed by atoms with Crippen LogP contribution in [-0.4, -0.2) is 37.4 Å². The Hall–Kier alpha value is -1.07. The number of ether oxygens (including phenoxy) is 4. The molecular weight excluding hydrogens is 200 g/mol. The molecule has 0 aromatic heterocycles. The van der Waals surface area contributed by atoms with Crippen LogP contribution < -0.4 is 0 Å². The minimum atomic E-state index is -0.710. The summed E-state index contributed by atoms with van der Waals surface area (Å²) in [6.45, 7) is 3.66. The molecule has 3 atom stereocenters. The Kier molecular flexibility index (Phi) is 2.44. The van der Waals surface area contributed by atoms with Crippen molar-refractivity contribution in [1.29, 1.82) is 0 Å². The lowest BCUT2D eigenvalue weighted by Gasteiger charge is -2.20. The Labute approximate surface area is 87.9 Å². The zero-order chi connectivity index (χ0) is 11.1. The van der Waals surface area contributed by atoms with Crippen molar-refractivity contribution in [3.8, 4) is 0 Å². The van der Waals surface area contributed by atoms with Gasteiger partial charge in [0, 0.05) is 0 Å². The van der Waals surface area contributed by atoms with Gasteiger partial charge < -0.3 is 18.9 Å². The number of methoxy groups -OCH3 is 1. The van der Waals surface area contributed by atoms with E-state index in [0.29, 0.717) is 0 Å². The molecule has 2 aliphatic rings. The Morgan fingerprint density at radius 1 is 1.33 bits per heavy atom. The molecule has 1 fully saturated rings. The van der Waals surface area contributed by atoms with Crippen LogP contribution in [0.3, 0.4) is 0 Å². The summed E-state index contributed by atoms with van der Waals surface area (Å²) in [6, 6.07) is 0. The van der Waals surface area contributed by atoms with Crippen molar-refractivity contribution in [2.45, 2.75) is 37.9 Å². The number of hydrogen-bond acceptors (Lipinski definition) is 5. The van der Waals surface area contributed by atoms with Crippen molar-refractivity contribution in [2.75, 3.05) is 7.11 Å². The Morgan fingerprint density at radius 2 is 2.07 bits per heavy atom. The maximum Gasteiger partial charge on any atom is 0.508 e. The van der Waals surface area contributed by atoms with Crippen molar-refractivity contribution in [1.82, 2.24) is 0 Å². The average Bonchev–Trinajstić information content (AvgIpc) is 2.63. The maximum atomic E-state index is 10.9. The fraction of sp³-hybridized carbons (Fsp3) is 0.700. The molecule has 1 aliphatic carbocycles. The molecule has 0 radical (unpaired) electrons. The summed E-state index contributed by atoms with van der Waals surface area (Å²) in [7, 11) is 1.27. The molecule has 1 heterocycles. The van der Waals surface area contributed by atoms with Gasteiger partial charge in [0.1, 0.15) is 12.2 Å². The molecule has 0 saturated carbocycles. The highest BCUT2D eigenvalue weighted by atomic mass is 16.8. The standard InChI is InChI=1S/C10H14O5/c1-10(2)14-7-5-4-6(8(7)15-10)13-9(11)12-3/h4-8H,1-3H3/t6-,7-,8+/m1/s1. The van der Waals surface area contributed by atoms with Crippen LogP contribution in [-0.2, 0) is 18.9 Å². The molecule has 0 spiro atoms. The van der Waals surface area contributed by atoms with Gasteiger partial charge in [-0.05, 0) is 19.9 Å². The van der Waals surface area contributed by atoms with E-state index in [9.17, 15) is 4.79 Å². The fourth-order valence-electron chi connectivity index (χ4n) is 1.81. The third-order valence-electron chi connectivity index (χ3n) is 2.38. The van der Waals surface area contributed by atoms with Gasteiger partial charge in [0.05, 0.1) is 7.11 Å². The van der Waals surface area contributed by atoms with E-state index < -0.39 is 18.0 Å². The van der Waals surface area contributed by atoms with E-state index in [1.54, 1.807) is 6.08 Å². The van der Waals surface area contributed by atoms with Gasteiger partial charge in [0.15, 0.2) is 11.9 Å². The Balaban J connectivity index is 2.00. The topological polar surface area (TPSA) is 54.0 Å². The van der Waals surface area contributed by atoms with Gasteiger partial charge in [0.25, 0.3) is 0 Å². The van der Waals surface area contributed by atoms with Gasteiger partial charge in [-0.25, -0.2) is 4.79 Å². The van der Waals surface area contributed by atoms with Crippen LogP contribution in [0.4, 0.5) is 4.79 Å². The van der Waals surface area contributed by atoms with E-state index in [4.69, 9.17) is 14.2 Å². The summed E-state index contributed by atoms with van der Waals surface area (Å²) in [5, 5.41) is 0. The maximum absolute atomic E-state index is 10.9. The first kappa shape index (κ1) is 10.4. The van der Waals surface area contributed by atoms with Crippen molar-refractivity contribution in [2.24, 2.45) is 0 Å². The molecule has 84 valence electrons. The smallest absolute Gasteiger partial charge is 0.438 e. The molecule has 5 nitrogen and oxygen atoms in total. The van der Waals surface area contributed by atoms with E-state index in [2.05, 4.69) is 4.74 Å². The number of hydrogen-bond donors (Lipinski definition) is 0. The molecule has 2 rings (SSSR count). The molecule has 0 amide bonds. The SMILES string of the molecule is COC(=O)O[C@@H]1C=C[C@H]2OC(C)(C)O[C@@H]12. The minimum Gasteiger partial charge on any atom is -0.438 e. The van der Waals surface area contributed by atoms with E-state index >= 15 is 0 Å². The highest BCUT2D eigenvalue weighted by molar-refractivity contribution is 5.60. The Bertz CT molecular complexity index is 296. The molecule has 1 aliphatic heterocycles. The summed E-state index contributed by atoms with van der Waals surface area (Å²) in [5.41, 5.74) is 0. The van der Waals surface area contributed by atoms with Gasteiger partial charge in [-0.15, -0.1) is 0 Å². The lowest BCUT2D eigenvalue weighted by atomic mass is 10.2. The predicted octanol–water partition coefficient (Wildman–Crippen LogP) is 1.23. The van der Waals surface area contributed by atoms with Crippen LogP contribution in [0.15, 0.2) is 12.2 Å². The van der Waals surface area contributed by atoms with Crippen molar-refractivity contribution >= 4 is 6.16 Å². The number of carbonyl (C=O) groups excluding carboxylic acids is 1. The lowest BCUT2D eigenvalue weighted by Crippen LogP contribution is -2.32. The number of fused-ring (bicyclic) bond motifs is 1. The highest BCUT2D eigenvalue weighted by Gasteiger charge is 2.47. The molecule has 15 heavy (non-hydrogen) atoms. The first-order valence-corrected chi connectivity index (χ1v) is 4.80. The second-order valence-electron chi connectivity index (χ2n) is 3.99. The summed E-state index contributed by atoms with van der Waals surface area (Å²) in [5.74, 6) is -0.627. The van der Waals surface area contributed by atoms with E-state index in [0.717, 1.165) is 0 Å². The van der Waals surface area contributed by atoms with Crippen LogP contribution in [0.1, 0.15) is 13.8 Å². The van der Waals surface area contributed by atoms with E-state index in [-0.39, 0.29) is 12.2 Å². The largest absolute Gasteiger partial charge is 0.508 e. The van der Waals surface area contributed by atoms with Crippen LogP contribution in [0, 0.1) is 0 Å². The van der Waals surface area contributed by atoms with Crippen molar-refractivity contribution < 1.29 is 23.7 Å². The van der Waals surface area contributed by atoms with Crippen LogP contribution in [0.25, 0.3) is 0 Å². The van der Waals surface area contributed by atoms with Gasteiger partial charge in [-0.2, -0.15) is 0 Å². The zero-order valence-electron chi connectivity index (χ0n) is 8.93. The first-order valence-electron chi connectivity index (χ1n) is 4.80. The second-order valence-corrected chi connectivity index (χ2v) is 3.99. The molecular formula is C10H14O5. The van der Waals surface area contributed by atoms with E-state index in [1.807, 2.05) is 19.9 Å². The van der Waals surface area contributed by atoms with Gasteiger partial charge >= 0.3 is 6.16 Å². The monoisotopic (exact) mass is 214 g/mol. The van der Waals surface area contributed by atoms with Crippen molar-refractivity contribution in [3.05, 3.63) is 12.2 Å². The third kappa shape index (κ3) is 1.98.